The van der Waals surface area contributed by atoms with E-state index in [0.29, 0.717) is 31.6 Å². The normalized spacial score (nSPS) is 14.4. The highest BCUT2D eigenvalue weighted by Crippen LogP contribution is 2.45. The quantitative estimate of drug-likeness (QED) is 0.0222. The first kappa shape index (κ1) is 94.1. The van der Waals surface area contributed by atoms with E-state index in [1.54, 1.807) is 0 Å². The average Bonchev–Trinajstić information content (AvgIpc) is 1.08. The molecule has 0 spiro atoms. The smallest absolute Gasteiger partial charge is 0.462 e. The highest BCUT2D eigenvalue weighted by atomic mass is 31.2. The van der Waals surface area contributed by atoms with Crippen LogP contribution in [0, 0.1) is 23.7 Å². The van der Waals surface area contributed by atoms with Crippen LogP contribution in [0.1, 0.15) is 389 Å². The summed E-state index contributed by atoms with van der Waals surface area (Å²) in [6.45, 7) is 14.2. The number of rotatable bonds is 74. The SMILES string of the molecule is CCC(C)CCCCCCCCCCCCCCCCC(=O)O[C@H](COC(=O)CCCCCCCCCCCCCCCCCC(C)C)COP(=O)(O)OCC(O)COP(=O)(O)OC[C@@H](COC(=O)CCCCCCCCCCC(C)C)OC(=O)CCCCCCCCC(C)C. The molecule has 0 heterocycles. The van der Waals surface area contributed by atoms with Gasteiger partial charge in [0.1, 0.15) is 19.3 Å². The van der Waals surface area contributed by atoms with Gasteiger partial charge in [0.25, 0.3) is 0 Å². The van der Waals surface area contributed by atoms with Crippen molar-refractivity contribution >= 4 is 39.5 Å². The van der Waals surface area contributed by atoms with Crippen LogP contribution in [0.15, 0.2) is 0 Å². The zero-order valence-electron chi connectivity index (χ0n) is 63.0. The second-order valence-corrected chi connectivity index (χ2v) is 32.3. The Morgan fingerprint density at radius 2 is 0.500 bits per heavy atom. The molecule has 0 aromatic rings. The van der Waals surface area contributed by atoms with Gasteiger partial charge in [-0.3, -0.25) is 37.3 Å². The number of phosphoric acid groups is 2. The molecule has 0 amide bonds. The minimum Gasteiger partial charge on any atom is -0.462 e. The standard InChI is InChI=1S/C77H150O17P2/c1-9-70(8)56-48-40-31-24-20-16-13-14-18-22-26-34-43-51-59-76(81)93-72(63-87-74(79)57-49-41-32-25-21-17-12-10-11-15-19-23-29-37-45-53-67(2)3)65-91-95(83,84)89-61-71(78)62-90-96(85,86)92-66-73(94-77(82)60-52-44-36-35-39-47-55-69(6)7)64-88-75(80)58-50-42-33-28-27-30-38-46-54-68(4)5/h67-73,78H,9-66H2,1-8H3,(H,83,84)(H,85,86)/t70?,71?,72-,73-/m1/s1. The summed E-state index contributed by atoms with van der Waals surface area (Å²) in [6.07, 6.45) is 51.6. The number of carbonyl (C=O) groups is 4. The molecule has 0 aromatic heterocycles. The Morgan fingerprint density at radius 1 is 0.292 bits per heavy atom. The number of aliphatic hydroxyl groups is 1. The summed E-state index contributed by atoms with van der Waals surface area (Å²) in [4.78, 5) is 72.8. The highest BCUT2D eigenvalue weighted by molar-refractivity contribution is 7.47. The van der Waals surface area contributed by atoms with E-state index in [2.05, 4.69) is 55.4 Å². The molecule has 570 valence electrons. The van der Waals surface area contributed by atoms with Gasteiger partial charge in [-0.1, -0.05) is 338 Å². The molecule has 6 atom stereocenters. The van der Waals surface area contributed by atoms with Gasteiger partial charge in [0, 0.05) is 25.7 Å². The summed E-state index contributed by atoms with van der Waals surface area (Å²) in [5.41, 5.74) is 0. The molecule has 0 saturated heterocycles. The van der Waals surface area contributed by atoms with Crippen molar-refractivity contribution in [2.75, 3.05) is 39.6 Å². The third kappa shape index (κ3) is 69.2. The molecule has 0 fully saturated rings. The van der Waals surface area contributed by atoms with Gasteiger partial charge in [-0.25, -0.2) is 9.13 Å². The van der Waals surface area contributed by atoms with Gasteiger partial charge < -0.3 is 33.8 Å². The van der Waals surface area contributed by atoms with E-state index in [1.807, 2.05) is 0 Å². The lowest BCUT2D eigenvalue weighted by molar-refractivity contribution is -0.161. The van der Waals surface area contributed by atoms with E-state index < -0.39 is 97.5 Å². The minimum atomic E-state index is -4.96. The third-order valence-electron chi connectivity index (χ3n) is 18.2. The van der Waals surface area contributed by atoms with Crippen LogP contribution in [-0.4, -0.2) is 96.7 Å². The summed E-state index contributed by atoms with van der Waals surface area (Å²) in [5.74, 6) is 0.924. The molecule has 4 unspecified atom stereocenters. The zero-order valence-corrected chi connectivity index (χ0v) is 64.8. The first-order valence-corrected chi connectivity index (χ1v) is 42.7. The summed E-state index contributed by atoms with van der Waals surface area (Å²) < 4.78 is 68.5. The van der Waals surface area contributed by atoms with Gasteiger partial charge in [-0.05, 0) is 49.4 Å². The molecule has 0 aromatic carbocycles. The van der Waals surface area contributed by atoms with Gasteiger partial charge in [0.2, 0.25) is 0 Å². The van der Waals surface area contributed by atoms with E-state index in [1.165, 1.54) is 193 Å². The van der Waals surface area contributed by atoms with Crippen molar-refractivity contribution < 1.29 is 80.2 Å². The van der Waals surface area contributed by atoms with Crippen LogP contribution in [0.5, 0.6) is 0 Å². The average molecular weight is 1410 g/mol. The van der Waals surface area contributed by atoms with Crippen LogP contribution in [0.4, 0.5) is 0 Å². The molecule has 0 bridgehead atoms. The Kier molecular flexibility index (Phi) is 65.0. The number of hydrogen-bond donors (Lipinski definition) is 3. The lowest BCUT2D eigenvalue weighted by atomic mass is 9.99. The van der Waals surface area contributed by atoms with Crippen LogP contribution in [0.2, 0.25) is 0 Å². The van der Waals surface area contributed by atoms with Gasteiger partial charge >= 0.3 is 39.5 Å². The van der Waals surface area contributed by atoms with Gasteiger partial charge in [-0.2, -0.15) is 0 Å². The van der Waals surface area contributed by atoms with Crippen LogP contribution in [0.25, 0.3) is 0 Å². The lowest BCUT2D eigenvalue weighted by Crippen LogP contribution is -2.30. The molecular formula is C77H150O17P2. The second kappa shape index (κ2) is 66.3. The van der Waals surface area contributed by atoms with E-state index in [0.717, 1.165) is 108 Å². The Balaban J connectivity index is 5.22. The molecule has 0 saturated carbocycles. The summed E-state index contributed by atoms with van der Waals surface area (Å²) in [7, 11) is -9.91. The molecule has 0 radical (unpaired) electrons. The Labute approximate surface area is 588 Å². The first-order chi connectivity index (χ1) is 46.1. The van der Waals surface area contributed by atoms with E-state index >= 15 is 0 Å². The number of phosphoric ester groups is 2. The van der Waals surface area contributed by atoms with Crippen molar-refractivity contribution in [3.63, 3.8) is 0 Å². The summed E-state index contributed by atoms with van der Waals surface area (Å²) in [5, 5.41) is 10.6. The van der Waals surface area contributed by atoms with E-state index in [4.69, 9.17) is 37.0 Å². The molecule has 96 heavy (non-hydrogen) atoms. The van der Waals surface area contributed by atoms with Crippen LogP contribution >= 0.6 is 15.6 Å². The van der Waals surface area contributed by atoms with E-state index in [-0.39, 0.29) is 25.7 Å². The monoisotopic (exact) mass is 1410 g/mol. The number of ether oxygens (including phenoxy) is 4. The van der Waals surface area contributed by atoms with Gasteiger partial charge in [0.15, 0.2) is 12.2 Å². The Hall–Kier alpha value is -1.94. The van der Waals surface area contributed by atoms with E-state index in [9.17, 15) is 43.2 Å². The van der Waals surface area contributed by atoms with Crippen molar-refractivity contribution in [3.05, 3.63) is 0 Å². The van der Waals surface area contributed by atoms with Crippen molar-refractivity contribution in [2.24, 2.45) is 23.7 Å². The molecule has 17 nitrogen and oxygen atoms in total. The number of carbonyl (C=O) groups excluding carboxylic acids is 4. The summed E-state index contributed by atoms with van der Waals surface area (Å²) >= 11 is 0. The minimum absolute atomic E-state index is 0.101. The molecular weight excluding hydrogens is 1260 g/mol. The molecule has 0 aliphatic carbocycles. The second-order valence-electron chi connectivity index (χ2n) is 29.4. The van der Waals surface area contributed by atoms with Gasteiger partial charge in [0.05, 0.1) is 26.4 Å². The predicted octanol–water partition coefficient (Wildman–Crippen LogP) is 22.4. The van der Waals surface area contributed by atoms with Crippen molar-refractivity contribution in [3.8, 4) is 0 Å². The van der Waals surface area contributed by atoms with Crippen LogP contribution in [-0.2, 0) is 65.4 Å². The maximum Gasteiger partial charge on any atom is 0.472 e. The highest BCUT2D eigenvalue weighted by Gasteiger charge is 2.30. The van der Waals surface area contributed by atoms with Crippen molar-refractivity contribution in [1.82, 2.24) is 0 Å². The summed E-state index contributed by atoms with van der Waals surface area (Å²) in [6, 6.07) is 0. The Morgan fingerprint density at radius 3 is 0.740 bits per heavy atom. The molecule has 0 rings (SSSR count). The molecule has 0 aliphatic rings. The fourth-order valence-corrected chi connectivity index (χ4v) is 13.3. The number of unbranched alkanes of at least 4 members (excludes halogenated alkanes) is 39. The Bertz CT molecular complexity index is 1890. The van der Waals surface area contributed by atoms with Crippen LogP contribution < -0.4 is 0 Å². The maximum atomic E-state index is 13.1. The predicted molar refractivity (Wildman–Crippen MR) is 391 cm³/mol. The van der Waals surface area contributed by atoms with Crippen molar-refractivity contribution in [2.45, 2.75) is 408 Å². The third-order valence-corrected chi connectivity index (χ3v) is 20.1. The lowest BCUT2D eigenvalue weighted by Gasteiger charge is -2.21. The topological polar surface area (TPSA) is 237 Å². The van der Waals surface area contributed by atoms with Crippen molar-refractivity contribution in [1.29, 1.82) is 0 Å². The largest absolute Gasteiger partial charge is 0.472 e. The maximum absolute atomic E-state index is 13.1. The number of esters is 4. The molecule has 19 heteroatoms. The molecule has 0 aliphatic heterocycles. The molecule has 3 N–H and O–H groups in total. The first-order valence-electron chi connectivity index (χ1n) is 39.7. The van der Waals surface area contributed by atoms with Gasteiger partial charge in [-0.15, -0.1) is 0 Å². The fraction of sp³-hybridized carbons (Fsp3) is 0.948. The van der Waals surface area contributed by atoms with Crippen LogP contribution in [0.3, 0.4) is 0 Å². The zero-order chi connectivity index (χ0) is 71.0. The fourth-order valence-electron chi connectivity index (χ4n) is 11.7. The number of hydrogen-bond acceptors (Lipinski definition) is 15. The number of aliphatic hydroxyl groups excluding tert-OH is 1.